The molecule has 2 aromatic rings. The van der Waals surface area contributed by atoms with E-state index in [0.717, 1.165) is 25.9 Å². The van der Waals surface area contributed by atoms with Gasteiger partial charge in [-0.2, -0.15) is 4.98 Å². The lowest BCUT2D eigenvalue weighted by molar-refractivity contribution is -0.134. The van der Waals surface area contributed by atoms with Crippen molar-refractivity contribution in [1.82, 2.24) is 15.0 Å². The fourth-order valence-corrected chi connectivity index (χ4v) is 3.63. The van der Waals surface area contributed by atoms with E-state index in [0.29, 0.717) is 53.6 Å². The number of aryl methyl sites for hydroxylation is 1. The average Bonchev–Trinajstić information content (AvgIpc) is 3.23. The van der Waals surface area contributed by atoms with Crippen molar-refractivity contribution in [3.63, 3.8) is 0 Å². The molecule has 1 fully saturated rings. The van der Waals surface area contributed by atoms with E-state index in [2.05, 4.69) is 28.9 Å². The molecule has 0 unspecified atom stereocenters. The summed E-state index contributed by atoms with van der Waals surface area (Å²) in [6.45, 7) is 8.65. The highest BCUT2D eigenvalue weighted by atomic mass is 16.5. The molecule has 184 valence electrons. The number of amides is 1. The molecular formula is C23H30N4O7. The first-order valence-electron chi connectivity index (χ1n) is 10.9. The topological polar surface area (TPSA) is 157 Å². The second-order valence-corrected chi connectivity index (χ2v) is 8.14. The number of benzene rings is 1. The first-order chi connectivity index (χ1) is 16.1. The van der Waals surface area contributed by atoms with Gasteiger partial charge in [-0.3, -0.25) is 4.90 Å². The number of likely N-dealkylation sites (tertiary alicyclic amines) is 1. The highest BCUT2D eigenvalue weighted by Gasteiger charge is 2.27. The minimum absolute atomic E-state index is 0.346. The lowest BCUT2D eigenvalue weighted by atomic mass is 9.95. The molecule has 0 bridgehead atoms. The summed E-state index contributed by atoms with van der Waals surface area (Å²) >= 11 is 0. The second-order valence-electron chi connectivity index (χ2n) is 8.14. The molecule has 0 atom stereocenters. The Hall–Kier alpha value is -3.73. The van der Waals surface area contributed by atoms with Crippen LogP contribution < -0.4 is 4.90 Å². The summed E-state index contributed by atoms with van der Waals surface area (Å²) in [7, 11) is 0. The van der Waals surface area contributed by atoms with Gasteiger partial charge in [0.1, 0.15) is 0 Å². The summed E-state index contributed by atoms with van der Waals surface area (Å²) in [6.07, 6.45) is 2.16. The van der Waals surface area contributed by atoms with E-state index in [9.17, 15) is 19.5 Å². The Bertz CT molecular complexity index is 994. The molecule has 3 rings (SSSR count). The number of aliphatic carboxylic acids is 2. The van der Waals surface area contributed by atoms with E-state index in [4.69, 9.17) is 14.7 Å². The molecular weight excluding hydrogens is 444 g/mol. The van der Waals surface area contributed by atoms with Gasteiger partial charge in [0.15, 0.2) is 5.82 Å². The van der Waals surface area contributed by atoms with Gasteiger partial charge in [0.25, 0.3) is 5.89 Å². The quantitative estimate of drug-likeness (QED) is 0.508. The molecule has 0 radical (unpaired) electrons. The lowest BCUT2D eigenvalue weighted by Gasteiger charge is -2.36. The molecule has 0 saturated carbocycles. The zero-order valence-corrected chi connectivity index (χ0v) is 19.4. The number of carboxylic acid groups (broad SMARTS) is 3. The van der Waals surface area contributed by atoms with Crippen molar-refractivity contribution in [3.05, 3.63) is 42.2 Å². The van der Waals surface area contributed by atoms with Crippen molar-refractivity contribution >= 4 is 23.7 Å². The number of hydrogen-bond donors (Lipinski definition) is 3. The Morgan fingerprint density at radius 3 is 2.18 bits per heavy atom. The van der Waals surface area contributed by atoms with E-state index in [1.165, 1.54) is 4.90 Å². The minimum atomic E-state index is -1.26. The van der Waals surface area contributed by atoms with E-state index in [1.54, 1.807) is 13.0 Å². The normalized spacial score (nSPS) is 14.6. The molecule has 1 aliphatic heterocycles. The number of anilines is 1. The molecule has 2 heterocycles. The van der Waals surface area contributed by atoms with Gasteiger partial charge in [0.05, 0.1) is 11.3 Å². The Morgan fingerprint density at radius 1 is 1.12 bits per heavy atom. The van der Waals surface area contributed by atoms with Crippen molar-refractivity contribution in [2.75, 3.05) is 24.5 Å². The van der Waals surface area contributed by atoms with Crippen LogP contribution in [0.5, 0.6) is 0 Å². The van der Waals surface area contributed by atoms with Gasteiger partial charge in [-0.1, -0.05) is 17.3 Å². The van der Waals surface area contributed by atoms with Gasteiger partial charge >= 0.3 is 18.0 Å². The zero-order valence-electron chi connectivity index (χ0n) is 19.4. The average molecular weight is 475 g/mol. The standard InChI is InChI=1S/C19H26N4O3.C4H4O4/c1-13(2)22-10-8-15(9-11-22)12-23(19(24)25)17-7-5-4-6-16(17)18-20-14(3)21-26-18;5-3(6)1-2-4(7)8/h4-7,13,15H,8-12H2,1-3H3,(H,24,25);1-2H,(H,5,6)(H,7,8). The number of piperidine rings is 1. The molecule has 1 saturated heterocycles. The SMILES string of the molecule is Cc1noc(-c2ccccc2N(CC2CCN(C(C)C)CC2)C(=O)O)n1.O=C(O)C=CC(=O)O. The molecule has 0 aliphatic carbocycles. The van der Waals surface area contributed by atoms with Gasteiger partial charge in [-0.15, -0.1) is 0 Å². The van der Waals surface area contributed by atoms with Crippen LogP contribution in [0.3, 0.4) is 0 Å². The van der Waals surface area contributed by atoms with Crippen molar-refractivity contribution in [2.24, 2.45) is 5.92 Å². The maximum Gasteiger partial charge on any atom is 0.411 e. The van der Waals surface area contributed by atoms with Crippen LogP contribution in [0.1, 0.15) is 32.5 Å². The minimum Gasteiger partial charge on any atom is -0.478 e. The number of carbonyl (C=O) groups is 3. The summed E-state index contributed by atoms with van der Waals surface area (Å²) in [5, 5.41) is 29.3. The predicted molar refractivity (Wildman–Crippen MR) is 124 cm³/mol. The largest absolute Gasteiger partial charge is 0.478 e. The van der Waals surface area contributed by atoms with Crippen LogP contribution in [-0.2, 0) is 9.59 Å². The number of aromatic nitrogens is 2. The monoisotopic (exact) mass is 474 g/mol. The Labute approximate surface area is 197 Å². The lowest BCUT2D eigenvalue weighted by Crippen LogP contribution is -2.43. The summed E-state index contributed by atoms with van der Waals surface area (Å²) in [5.41, 5.74) is 1.24. The van der Waals surface area contributed by atoms with Crippen LogP contribution in [0, 0.1) is 12.8 Å². The van der Waals surface area contributed by atoms with Crippen LogP contribution in [-0.4, -0.2) is 74.1 Å². The zero-order chi connectivity index (χ0) is 25.3. The summed E-state index contributed by atoms with van der Waals surface area (Å²) in [6, 6.07) is 7.83. The highest BCUT2D eigenvalue weighted by Crippen LogP contribution is 2.31. The Kier molecular flexibility index (Phi) is 9.75. The van der Waals surface area contributed by atoms with Gasteiger partial charge < -0.3 is 24.7 Å². The summed E-state index contributed by atoms with van der Waals surface area (Å²) in [5.74, 6) is -1.30. The Balaban J connectivity index is 0.000000440. The number of rotatable bonds is 7. The maximum atomic E-state index is 12.0. The van der Waals surface area contributed by atoms with Crippen LogP contribution in [0.15, 0.2) is 40.9 Å². The van der Waals surface area contributed by atoms with Gasteiger partial charge in [0, 0.05) is 24.7 Å². The van der Waals surface area contributed by atoms with Crippen LogP contribution in [0.4, 0.5) is 10.5 Å². The van der Waals surface area contributed by atoms with Gasteiger partial charge in [0.2, 0.25) is 0 Å². The third-order valence-electron chi connectivity index (χ3n) is 5.37. The van der Waals surface area contributed by atoms with E-state index >= 15 is 0 Å². The van der Waals surface area contributed by atoms with Crippen LogP contribution in [0.25, 0.3) is 11.5 Å². The molecule has 0 spiro atoms. The van der Waals surface area contributed by atoms with Crippen molar-refractivity contribution in [1.29, 1.82) is 0 Å². The molecule has 11 heteroatoms. The van der Waals surface area contributed by atoms with Crippen LogP contribution in [0.2, 0.25) is 0 Å². The molecule has 34 heavy (non-hydrogen) atoms. The summed E-state index contributed by atoms with van der Waals surface area (Å²) < 4.78 is 5.26. The fraction of sp³-hybridized carbons (Fsp3) is 0.435. The first kappa shape index (κ1) is 26.5. The molecule has 3 N–H and O–H groups in total. The van der Waals surface area contributed by atoms with Crippen molar-refractivity contribution in [3.8, 4) is 11.5 Å². The second kappa shape index (κ2) is 12.5. The molecule has 1 aromatic carbocycles. The number of para-hydroxylation sites is 1. The van der Waals surface area contributed by atoms with Crippen LogP contribution >= 0.6 is 0 Å². The van der Waals surface area contributed by atoms with E-state index in [-0.39, 0.29) is 0 Å². The van der Waals surface area contributed by atoms with Gasteiger partial charge in [-0.05, 0) is 64.8 Å². The van der Waals surface area contributed by atoms with Crippen molar-refractivity contribution in [2.45, 2.75) is 39.7 Å². The van der Waals surface area contributed by atoms with E-state index < -0.39 is 18.0 Å². The predicted octanol–water partition coefficient (Wildman–Crippen LogP) is 3.36. The number of nitrogens with zero attached hydrogens (tertiary/aromatic N) is 4. The van der Waals surface area contributed by atoms with Crippen molar-refractivity contribution < 1.29 is 34.2 Å². The number of hydrogen-bond acceptors (Lipinski definition) is 7. The molecule has 1 aromatic heterocycles. The highest BCUT2D eigenvalue weighted by molar-refractivity contribution is 5.91. The first-order valence-corrected chi connectivity index (χ1v) is 10.9. The Morgan fingerprint density at radius 2 is 1.71 bits per heavy atom. The molecule has 11 nitrogen and oxygen atoms in total. The molecule has 1 amide bonds. The fourth-order valence-electron chi connectivity index (χ4n) is 3.63. The van der Waals surface area contributed by atoms with Gasteiger partial charge in [-0.25, -0.2) is 14.4 Å². The number of carboxylic acids is 2. The third kappa shape index (κ3) is 8.00. The third-order valence-corrected chi connectivity index (χ3v) is 5.37. The summed E-state index contributed by atoms with van der Waals surface area (Å²) in [4.78, 5) is 39.2. The maximum absolute atomic E-state index is 12.0. The molecule has 1 aliphatic rings. The van der Waals surface area contributed by atoms with E-state index in [1.807, 2.05) is 18.2 Å². The smallest absolute Gasteiger partial charge is 0.411 e.